The van der Waals surface area contributed by atoms with Gasteiger partial charge in [0.2, 0.25) is 0 Å². The van der Waals surface area contributed by atoms with Crippen LogP contribution in [0.25, 0.3) is 0 Å². The second-order valence-electron chi connectivity index (χ2n) is 2.90. The van der Waals surface area contributed by atoms with Crippen LogP contribution in [-0.2, 0) is 14.3 Å². The second-order valence-corrected chi connectivity index (χ2v) is 2.90. The molecule has 0 fully saturated rings. The Bertz CT molecular complexity index is 472. The van der Waals surface area contributed by atoms with E-state index in [1.807, 2.05) is 0 Å². The highest BCUT2D eigenvalue weighted by molar-refractivity contribution is 6.04. The largest absolute Gasteiger partial charge is 0.507 e. The number of hydrogen-bond donors (Lipinski definition) is 2. The quantitative estimate of drug-likeness (QED) is 0.550. The van der Waals surface area contributed by atoms with Gasteiger partial charge in [-0.2, -0.15) is 0 Å². The lowest BCUT2D eigenvalue weighted by Crippen LogP contribution is -1.96. The molecule has 6 heteroatoms. The molecule has 0 bridgehead atoms. The van der Waals surface area contributed by atoms with Crippen LogP contribution in [0.5, 0.6) is 5.75 Å². The third-order valence-electron chi connectivity index (χ3n) is 1.69. The van der Waals surface area contributed by atoms with Crippen molar-refractivity contribution in [2.75, 3.05) is 0 Å². The number of cyclic esters (lactones) is 2. The van der Waals surface area contributed by atoms with E-state index in [1.54, 1.807) is 12.1 Å². The first-order valence-corrected chi connectivity index (χ1v) is 4.46. The summed E-state index contributed by atoms with van der Waals surface area (Å²) in [5.74, 6) is -2.47. The van der Waals surface area contributed by atoms with Crippen LogP contribution in [0.15, 0.2) is 36.4 Å². The van der Waals surface area contributed by atoms with Crippen molar-refractivity contribution in [3.63, 3.8) is 0 Å². The van der Waals surface area contributed by atoms with Crippen LogP contribution in [0.1, 0.15) is 10.4 Å². The minimum atomic E-state index is -1.11. The second kappa shape index (κ2) is 5.45. The van der Waals surface area contributed by atoms with Crippen LogP contribution >= 0.6 is 0 Å². The number of carbonyl (C=O) groups excluding carboxylic acids is 2. The maximum Gasteiger partial charge on any atom is 0.339 e. The number of aromatic carboxylic acids is 1. The van der Waals surface area contributed by atoms with E-state index >= 15 is 0 Å². The zero-order valence-electron chi connectivity index (χ0n) is 8.49. The number of esters is 2. The minimum absolute atomic E-state index is 0.0671. The van der Waals surface area contributed by atoms with Crippen molar-refractivity contribution < 1.29 is 29.3 Å². The number of aromatic hydroxyl groups is 1. The summed E-state index contributed by atoms with van der Waals surface area (Å²) in [6, 6.07) is 5.81. The monoisotopic (exact) mass is 236 g/mol. The van der Waals surface area contributed by atoms with Gasteiger partial charge < -0.3 is 14.9 Å². The van der Waals surface area contributed by atoms with E-state index in [0.29, 0.717) is 0 Å². The SMILES string of the molecule is O=C(O)c1ccccc1O.O=C1C=CC(=O)O1. The van der Waals surface area contributed by atoms with Crippen molar-refractivity contribution in [3.8, 4) is 5.75 Å². The molecule has 0 atom stereocenters. The molecule has 17 heavy (non-hydrogen) atoms. The van der Waals surface area contributed by atoms with Crippen molar-refractivity contribution in [3.05, 3.63) is 42.0 Å². The third-order valence-corrected chi connectivity index (χ3v) is 1.69. The van der Waals surface area contributed by atoms with Crippen molar-refractivity contribution in [1.82, 2.24) is 0 Å². The molecule has 0 saturated heterocycles. The maximum atomic E-state index is 10.3. The summed E-state index contributed by atoms with van der Waals surface area (Å²) in [5, 5.41) is 17.3. The van der Waals surface area contributed by atoms with Crippen LogP contribution in [0.2, 0.25) is 0 Å². The Morgan fingerprint density at radius 1 is 1.06 bits per heavy atom. The topological polar surface area (TPSA) is 101 Å². The molecule has 0 aromatic heterocycles. The van der Waals surface area contributed by atoms with Gasteiger partial charge >= 0.3 is 17.9 Å². The summed E-state index contributed by atoms with van der Waals surface area (Å²) >= 11 is 0. The third kappa shape index (κ3) is 3.78. The van der Waals surface area contributed by atoms with E-state index < -0.39 is 17.9 Å². The van der Waals surface area contributed by atoms with Crippen molar-refractivity contribution in [2.24, 2.45) is 0 Å². The molecule has 0 radical (unpaired) electrons. The molecule has 1 aliphatic rings. The van der Waals surface area contributed by atoms with Crippen molar-refractivity contribution in [1.29, 1.82) is 0 Å². The van der Waals surface area contributed by atoms with Gasteiger partial charge in [0.1, 0.15) is 11.3 Å². The molecule has 1 aliphatic heterocycles. The Balaban J connectivity index is 0.000000181. The van der Waals surface area contributed by atoms with Crippen LogP contribution in [0.3, 0.4) is 0 Å². The molecule has 2 rings (SSSR count). The number of benzene rings is 1. The van der Waals surface area contributed by atoms with Gasteiger partial charge in [-0.25, -0.2) is 14.4 Å². The number of carboxylic acid groups (broad SMARTS) is 1. The zero-order valence-corrected chi connectivity index (χ0v) is 8.49. The smallest absolute Gasteiger partial charge is 0.339 e. The van der Waals surface area contributed by atoms with Crippen LogP contribution in [0.4, 0.5) is 0 Å². The number of phenols is 1. The van der Waals surface area contributed by atoms with E-state index in [2.05, 4.69) is 4.74 Å². The Morgan fingerprint density at radius 2 is 1.59 bits per heavy atom. The standard InChI is InChI=1S/C7H6O3.C4H2O3/c8-6-4-2-1-3-5(6)7(9)10;5-3-1-2-4(6)7-3/h1-4,8H,(H,9,10);1-2H. The molecule has 1 aromatic carbocycles. The summed E-state index contributed by atoms with van der Waals surface area (Å²) in [7, 11) is 0. The van der Waals surface area contributed by atoms with Gasteiger partial charge in [-0.1, -0.05) is 12.1 Å². The lowest BCUT2D eigenvalue weighted by Gasteiger charge is -1.95. The number of carboxylic acids is 1. The summed E-state index contributed by atoms with van der Waals surface area (Å²) in [4.78, 5) is 30.1. The molecule has 0 amide bonds. The van der Waals surface area contributed by atoms with Crippen molar-refractivity contribution >= 4 is 17.9 Å². The molecular weight excluding hydrogens is 228 g/mol. The van der Waals surface area contributed by atoms with Crippen LogP contribution in [-0.4, -0.2) is 28.1 Å². The molecule has 0 saturated carbocycles. The van der Waals surface area contributed by atoms with Gasteiger partial charge in [0.05, 0.1) is 0 Å². The van der Waals surface area contributed by atoms with Gasteiger partial charge in [0.15, 0.2) is 0 Å². The number of hydrogen-bond acceptors (Lipinski definition) is 5. The minimum Gasteiger partial charge on any atom is -0.507 e. The average Bonchev–Trinajstić information content (AvgIpc) is 2.63. The molecule has 2 N–H and O–H groups in total. The fourth-order valence-corrected chi connectivity index (χ4v) is 0.958. The first-order chi connectivity index (χ1) is 8.00. The molecule has 1 heterocycles. The molecule has 1 aromatic rings. The van der Waals surface area contributed by atoms with Crippen molar-refractivity contribution in [2.45, 2.75) is 0 Å². The Hall–Kier alpha value is -2.63. The molecule has 6 nitrogen and oxygen atoms in total. The number of carbonyl (C=O) groups is 3. The molecule has 0 spiro atoms. The molecule has 88 valence electrons. The normalized spacial score (nSPS) is 12.7. The van der Waals surface area contributed by atoms with Crippen LogP contribution < -0.4 is 0 Å². The highest BCUT2D eigenvalue weighted by atomic mass is 16.6. The lowest BCUT2D eigenvalue weighted by molar-refractivity contribution is -0.150. The van der Waals surface area contributed by atoms with Gasteiger partial charge in [0.25, 0.3) is 0 Å². The Kier molecular flexibility index (Phi) is 3.99. The Labute approximate surface area is 95.8 Å². The molecular formula is C11H8O6. The summed E-state index contributed by atoms with van der Waals surface area (Å²) in [6.45, 7) is 0. The summed E-state index contributed by atoms with van der Waals surface area (Å²) < 4.78 is 3.97. The zero-order chi connectivity index (χ0) is 12.8. The summed E-state index contributed by atoms with van der Waals surface area (Å²) in [5.41, 5.74) is -0.0671. The molecule has 0 unspecified atom stereocenters. The predicted octanol–water partition coefficient (Wildman–Crippen LogP) is 0.716. The van der Waals surface area contributed by atoms with E-state index in [4.69, 9.17) is 10.2 Å². The Morgan fingerprint density at radius 3 is 1.88 bits per heavy atom. The number of rotatable bonds is 1. The van der Waals surface area contributed by atoms with Crippen LogP contribution in [0, 0.1) is 0 Å². The van der Waals surface area contributed by atoms with E-state index in [0.717, 1.165) is 12.2 Å². The van der Waals surface area contributed by atoms with E-state index in [-0.39, 0.29) is 11.3 Å². The van der Waals surface area contributed by atoms with Gasteiger partial charge in [-0.05, 0) is 12.1 Å². The number of ether oxygens (including phenoxy) is 1. The lowest BCUT2D eigenvalue weighted by atomic mass is 10.2. The first-order valence-electron chi connectivity index (χ1n) is 4.46. The molecule has 0 aliphatic carbocycles. The fourth-order valence-electron chi connectivity index (χ4n) is 0.958. The summed E-state index contributed by atoms with van der Waals surface area (Å²) in [6.07, 6.45) is 2.17. The van der Waals surface area contributed by atoms with Gasteiger partial charge in [0, 0.05) is 12.2 Å². The number of para-hydroxylation sites is 1. The fraction of sp³-hybridized carbons (Fsp3) is 0. The van der Waals surface area contributed by atoms with Gasteiger partial charge in [-0.15, -0.1) is 0 Å². The highest BCUT2D eigenvalue weighted by Gasteiger charge is 2.10. The van der Waals surface area contributed by atoms with Gasteiger partial charge in [-0.3, -0.25) is 0 Å². The maximum absolute atomic E-state index is 10.3. The highest BCUT2D eigenvalue weighted by Crippen LogP contribution is 2.14. The predicted molar refractivity (Wildman–Crippen MR) is 55.3 cm³/mol. The average molecular weight is 236 g/mol. The first kappa shape index (κ1) is 12.4. The van der Waals surface area contributed by atoms with E-state index in [1.165, 1.54) is 12.1 Å². The van der Waals surface area contributed by atoms with E-state index in [9.17, 15) is 14.4 Å².